The monoisotopic (exact) mass is 327 g/mol. The van der Waals surface area contributed by atoms with Crippen molar-refractivity contribution in [2.24, 2.45) is 0 Å². The van der Waals surface area contributed by atoms with Crippen molar-refractivity contribution in [3.63, 3.8) is 0 Å². The molecule has 20 heavy (non-hydrogen) atoms. The van der Waals surface area contributed by atoms with E-state index >= 15 is 0 Å². The van der Waals surface area contributed by atoms with Crippen LogP contribution in [0, 0.1) is 0 Å². The Kier molecular flexibility index (Phi) is 5.70. The second-order valence-corrected chi connectivity index (χ2v) is 6.70. The van der Waals surface area contributed by atoms with Gasteiger partial charge >= 0.3 is 0 Å². The fourth-order valence-corrected chi connectivity index (χ4v) is 3.36. The minimum absolute atomic E-state index is 0.0428. The largest absolute Gasteiger partial charge is 0.397 e. The van der Waals surface area contributed by atoms with Crippen molar-refractivity contribution in [3.8, 4) is 0 Å². The molecule has 4 nitrogen and oxygen atoms in total. The number of rotatable bonds is 6. The lowest BCUT2D eigenvalue weighted by atomic mass is 10.2. The lowest BCUT2D eigenvalue weighted by molar-refractivity contribution is -0.116. The number of hydrogen-bond donors (Lipinski definition) is 2. The molecule has 1 aromatic heterocycles. The molecule has 1 heterocycles. The predicted octanol–water partition coefficient (Wildman–Crippen LogP) is 3.89. The van der Waals surface area contributed by atoms with Gasteiger partial charge in [-0.1, -0.05) is 23.4 Å². The van der Waals surface area contributed by atoms with E-state index in [9.17, 15) is 4.79 Å². The topological polar surface area (TPSA) is 68.0 Å². The summed E-state index contributed by atoms with van der Waals surface area (Å²) in [6, 6.07) is 5.03. The van der Waals surface area contributed by atoms with Gasteiger partial charge in [-0.25, -0.2) is 4.98 Å². The van der Waals surface area contributed by atoms with Gasteiger partial charge in [0.2, 0.25) is 5.91 Å². The Balaban J connectivity index is 1.72. The summed E-state index contributed by atoms with van der Waals surface area (Å²) in [5.41, 5.74) is 6.86. The van der Waals surface area contributed by atoms with Crippen molar-refractivity contribution >= 4 is 52.0 Å². The molecule has 0 fully saturated rings. The number of carbonyl (C=O) groups excluding carboxylic acids is 1. The van der Waals surface area contributed by atoms with Gasteiger partial charge in [0.25, 0.3) is 0 Å². The maximum Gasteiger partial charge on any atom is 0.224 e. The van der Waals surface area contributed by atoms with Gasteiger partial charge in [-0.05, 0) is 24.6 Å². The molecule has 0 spiro atoms. The van der Waals surface area contributed by atoms with Crippen LogP contribution in [0.2, 0.25) is 5.02 Å². The quantitative estimate of drug-likeness (QED) is 0.480. The maximum atomic E-state index is 11.8. The third-order valence-electron chi connectivity index (χ3n) is 2.47. The molecule has 0 radical (unpaired) electrons. The van der Waals surface area contributed by atoms with Gasteiger partial charge in [-0.3, -0.25) is 4.79 Å². The number of thioether (sulfide) groups is 1. The third kappa shape index (κ3) is 4.70. The van der Waals surface area contributed by atoms with Crippen LogP contribution in [-0.2, 0) is 4.79 Å². The first kappa shape index (κ1) is 15.2. The van der Waals surface area contributed by atoms with E-state index < -0.39 is 0 Å². The number of benzene rings is 1. The smallest absolute Gasteiger partial charge is 0.224 e. The summed E-state index contributed by atoms with van der Waals surface area (Å²) >= 11 is 9.08. The van der Waals surface area contributed by atoms with Gasteiger partial charge in [0.1, 0.15) is 4.34 Å². The second-order valence-electron chi connectivity index (χ2n) is 4.03. The Morgan fingerprint density at radius 3 is 3.05 bits per heavy atom. The molecule has 7 heteroatoms. The Bertz CT molecular complexity index is 575. The van der Waals surface area contributed by atoms with Gasteiger partial charge < -0.3 is 11.1 Å². The van der Waals surface area contributed by atoms with Crippen LogP contribution >= 0.6 is 34.7 Å². The van der Waals surface area contributed by atoms with Crippen LogP contribution in [0.3, 0.4) is 0 Å². The van der Waals surface area contributed by atoms with Gasteiger partial charge in [0, 0.05) is 28.8 Å². The zero-order valence-electron chi connectivity index (χ0n) is 10.6. The molecule has 1 aromatic carbocycles. The Morgan fingerprint density at radius 2 is 2.35 bits per heavy atom. The SMILES string of the molecule is Nc1cc(Cl)ccc1NC(=O)CCCSc1nccs1. The molecule has 0 saturated carbocycles. The maximum absolute atomic E-state index is 11.8. The van der Waals surface area contributed by atoms with E-state index in [1.165, 1.54) is 0 Å². The molecule has 3 N–H and O–H groups in total. The van der Waals surface area contributed by atoms with Gasteiger partial charge in [-0.15, -0.1) is 11.3 Å². The highest BCUT2D eigenvalue weighted by atomic mass is 35.5. The highest BCUT2D eigenvalue weighted by Gasteiger charge is 2.06. The van der Waals surface area contributed by atoms with Crippen molar-refractivity contribution in [2.45, 2.75) is 17.2 Å². The summed E-state index contributed by atoms with van der Waals surface area (Å²) in [6.07, 6.45) is 3.03. The first-order valence-electron chi connectivity index (χ1n) is 6.02. The average molecular weight is 328 g/mol. The fraction of sp³-hybridized carbons (Fsp3) is 0.231. The van der Waals surface area contributed by atoms with E-state index in [-0.39, 0.29) is 5.91 Å². The van der Waals surface area contributed by atoms with Crippen LogP contribution in [0.15, 0.2) is 34.1 Å². The van der Waals surface area contributed by atoms with Gasteiger partial charge in [0.05, 0.1) is 11.4 Å². The van der Waals surface area contributed by atoms with E-state index in [0.29, 0.717) is 22.8 Å². The van der Waals surface area contributed by atoms with Crippen molar-refractivity contribution in [1.29, 1.82) is 0 Å². The van der Waals surface area contributed by atoms with Crippen molar-refractivity contribution in [2.75, 3.05) is 16.8 Å². The minimum Gasteiger partial charge on any atom is -0.397 e. The summed E-state index contributed by atoms with van der Waals surface area (Å²) < 4.78 is 1.03. The number of anilines is 2. The molecule has 0 aliphatic carbocycles. The Labute approximate surface area is 130 Å². The molecule has 0 saturated heterocycles. The minimum atomic E-state index is -0.0428. The summed E-state index contributed by atoms with van der Waals surface area (Å²) in [5.74, 6) is 0.829. The lowest BCUT2D eigenvalue weighted by Crippen LogP contribution is -2.12. The molecule has 0 aliphatic heterocycles. The number of carbonyl (C=O) groups is 1. The first-order valence-corrected chi connectivity index (χ1v) is 8.26. The number of nitrogens with two attached hydrogens (primary N) is 1. The molecule has 0 atom stereocenters. The third-order valence-corrected chi connectivity index (χ3v) is 4.76. The molecular weight excluding hydrogens is 314 g/mol. The summed E-state index contributed by atoms with van der Waals surface area (Å²) in [7, 11) is 0. The molecule has 1 amide bonds. The van der Waals surface area contributed by atoms with E-state index in [1.54, 1.807) is 47.5 Å². The van der Waals surface area contributed by atoms with Crippen LogP contribution < -0.4 is 11.1 Å². The molecular formula is C13H14ClN3OS2. The zero-order valence-corrected chi connectivity index (χ0v) is 13.0. The molecule has 0 bridgehead atoms. The molecule has 2 rings (SSSR count). The van der Waals surface area contributed by atoms with Gasteiger partial charge in [0.15, 0.2) is 0 Å². The van der Waals surface area contributed by atoms with Gasteiger partial charge in [-0.2, -0.15) is 0 Å². The standard InChI is InChI=1S/C13H14ClN3OS2/c14-9-3-4-11(10(15)8-9)17-12(18)2-1-6-19-13-16-5-7-20-13/h3-5,7-8H,1-2,6,15H2,(H,17,18). The summed E-state index contributed by atoms with van der Waals surface area (Å²) in [5, 5.41) is 5.28. The highest BCUT2D eigenvalue weighted by Crippen LogP contribution is 2.23. The van der Waals surface area contributed by atoms with Crippen LogP contribution in [0.25, 0.3) is 0 Å². The summed E-state index contributed by atoms with van der Waals surface area (Å²) in [6.45, 7) is 0. The molecule has 0 unspecified atom stereocenters. The number of aromatic nitrogens is 1. The van der Waals surface area contributed by atoms with E-state index in [1.807, 2.05) is 5.38 Å². The van der Waals surface area contributed by atoms with Crippen molar-refractivity contribution in [1.82, 2.24) is 4.98 Å². The average Bonchev–Trinajstić information content (AvgIpc) is 2.91. The van der Waals surface area contributed by atoms with Crippen LogP contribution in [0.4, 0.5) is 11.4 Å². The van der Waals surface area contributed by atoms with Crippen LogP contribution in [-0.4, -0.2) is 16.6 Å². The predicted molar refractivity (Wildman–Crippen MR) is 86.6 cm³/mol. The van der Waals surface area contributed by atoms with E-state index in [4.69, 9.17) is 17.3 Å². The number of thiazole rings is 1. The normalized spacial score (nSPS) is 10.4. The zero-order chi connectivity index (χ0) is 14.4. The second kappa shape index (κ2) is 7.52. The Morgan fingerprint density at radius 1 is 1.50 bits per heavy atom. The number of nitrogen functional groups attached to an aromatic ring is 1. The van der Waals surface area contributed by atoms with Crippen LogP contribution in [0.5, 0.6) is 0 Å². The van der Waals surface area contributed by atoms with E-state index in [0.717, 1.165) is 16.5 Å². The number of nitrogens with one attached hydrogen (secondary N) is 1. The number of halogens is 1. The van der Waals surface area contributed by atoms with Crippen molar-refractivity contribution in [3.05, 3.63) is 34.8 Å². The number of amides is 1. The van der Waals surface area contributed by atoms with Crippen molar-refractivity contribution < 1.29 is 4.79 Å². The Hall–Kier alpha value is -1.24. The number of hydrogen-bond acceptors (Lipinski definition) is 5. The summed E-state index contributed by atoms with van der Waals surface area (Å²) in [4.78, 5) is 16.0. The molecule has 0 aliphatic rings. The highest BCUT2D eigenvalue weighted by molar-refractivity contribution is 8.00. The lowest BCUT2D eigenvalue weighted by Gasteiger charge is -2.08. The first-order chi connectivity index (χ1) is 9.65. The molecule has 2 aromatic rings. The number of nitrogens with zero attached hydrogens (tertiary/aromatic N) is 1. The molecule has 106 valence electrons. The fourth-order valence-electron chi connectivity index (χ4n) is 1.53. The van der Waals surface area contributed by atoms with Crippen LogP contribution in [0.1, 0.15) is 12.8 Å². The van der Waals surface area contributed by atoms with E-state index in [2.05, 4.69) is 10.3 Å².